The predicted molar refractivity (Wildman–Crippen MR) is 101 cm³/mol. The van der Waals surface area contributed by atoms with Crippen LogP contribution in [0, 0.1) is 0 Å². The zero-order valence-corrected chi connectivity index (χ0v) is 15.4. The largest absolute Gasteiger partial charge is 0.467 e. The summed E-state index contributed by atoms with van der Waals surface area (Å²) in [5.41, 5.74) is 2.88. The molecule has 7 heteroatoms. The molecule has 1 N–H and O–H groups in total. The van der Waals surface area contributed by atoms with E-state index < -0.39 is 0 Å². The molecule has 0 radical (unpaired) electrons. The molecular formula is C19H22N6O. The van der Waals surface area contributed by atoms with Gasteiger partial charge < -0.3 is 14.3 Å². The number of furan rings is 1. The maximum absolute atomic E-state index is 5.44. The van der Waals surface area contributed by atoms with E-state index in [0.29, 0.717) is 6.54 Å². The molecule has 0 aliphatic carbocycles. The van der Waals surface area contributed by atoms with Crippen molar-refractivity contribution in [3.8, 4) is 0 Å². The van der Waals surface area contributed by atoms with Gasteiger partial charge in [-0.15, -0.1) is 0 Å². The predicted octanol–water partition coefficient (Wildman–Crippen LogP) is 3.85. The Kier molecular flexibility index (Phi) is 3.79. The first kappa shape index (κ1) is 16.4. The van der Waals surface area contributed by atoms with Gasteiger partial charge in [0.1, 0.15) is 22.9 Å². The van der Waals surface area contributed by atoms with Gasteiger partial charge in [0.05, 0.1) is 36.5 Å². The Labute approximate surface area is 151 Å². The van der Waals surface area contributed by atoms with Crippen molar-refractivity contribution < 1.29 is 4.42 Å². The Morgan fingerprint density at radius 3 is 2.73 bits per heavy atom. The minimum Gasteiger partial charge on any atom is -0.467 e. The molecule has 4 heterocycles. The molecule has 0 aromatic carbocycles. The summed E-state index contributed by atoms with van der Waals surface area (Å²) in [6.45, 7) is 7.08. The summed E-state index contributed by atoms with van der Waals surface area (Å²) in [5, 5.41) is 7.95. The first-order valence-electron chi connectivity index (χ1n) is 8.55. The van der Waals surface area contributed by atoms with E-state index in [-0.39, 0.29) is 5.41 Å². The van der Waals surface area contributed by atoms with Crippen molar-refractivity contribution >= 4 is 22.7 Å². The fourth-order valence-corrected chi connectivity index (χ4v) is 2.81. The van der Waals surface area contributed by atoms with Crippen LogP contribution in [0.5, 0.6) is 0 Å². The summed E-state index contributed by atoms with van der Waals surface area (Å²) >= 11 is 0. The summed E-state index contributed by atoms with van der Waals surface area (Å²) in [4.78, 5) is 8.89. The number of fused-ring (bicyclic) bond motifs is 1. The van der Waals surface area contributed by atoms with Crippen LogP contribution in [0.4, 0.5) is 11.6 Å². The van der Waals surface area contributed by atoms with Crippen LogP contribution in [-0.2, 0) is 19.0 Å². The van der Waals surface area contributed by atoms with Gasteiger partial charge in [0.2, 0.25) is 0 Å². The molecule has 0 aliphatic rings. The van der Waals surface area contributed by atoms with E-state index in [1.165, 1.54) is 0 Å². The first-order valence-corrected chi connectivity index (χ1v) is 8.55. The minimum absolute atomic E-state index is 0.00324. The maximum Gasteiger partial charge on any atom is 0.133 e. The van der Waals surface area contributed by atoms with Crippen LogP contribution in [-0.4, -0.2) is 24.3 Å². The van der Waals surface area contributed by atoms with Gasteiger partial charge in [-0.25, -0.2) is 9.97 Å². The molecule has 0 unspecified atom stereocenters. The van der Waals surface area contributed by atoms with Crippen LogP contribution in [0.1, 0.15) is 32.2 Å². The van der Waals surface area contributed by atoms with Gasteiger partial charge >= 0.3 is 0 Å². The van der Waals surface area contributed by atoms with E-state index in [9.17, 15) is 0 Å². The van der Waals surface area contributed by atoms with E-state index in [2.05, 4.69) is 47.2 Å². The Morgan fingerprint density at radius 1 is 1.19 bits per heavy atom. The minimum atomic E-state index is -0.00324. The zero-order valence-electron chi connectivity index (χ0n) is 15.4. The van der Waals surface area contributed by atoms with Gasteiger partial charge in [-0.2, -0.15) is 5.10 Å². The van der Waals surface area contributed by atoms with E-state index in [4.69, 9.17) is 4.42 Å². The maximum atomic E-state index is 5.44. The summed E-state index contributed by atoms with van der Waals surface area (Å²) in [6.07, 6.45) is 5.26. The number of nitrogens with zero attached hydrogens (tertiary/aromatic N) is 5. The van der Waals surface area contributed by atoms with Gasteiger partial charge in [0, 0.05) is 24.6 Å². The number of aryl methyl sites for hydroxylation is 1. The van der Waals surface area contributed by atoms with Gasteiger partial charge in [-0.3, -0.25) is 4.68 Å². The van der Waals surface area contributed by atoms with Crippen molar-refractivity contribution in [3.05, 3.63) is 54.5 Å². The number of imidazole rings is 1. The number of pyridine rings is 1. The Bertz CT molecular complexity index is 1040. The SMILES string of the molecule is Cn1nc(C(C)(C)C)cc1Nc1cc2c(cn1)ncn2Cc1ccco1. The number of hydrogen-bond acceptors (Lipinski definition) is 5. The van der Waals surface area contributed by atoms with Crippen LogP contribution < -0.4 is 5.32 Å². The van der Waals surface area contributed by atoms with Gasteiger partial charge in [0.15, 0.2) is 0 Å². The molecule has 0 amide bonds. The summed E-state index contributed by atoms with van der Waals surface area (Å²) < 4.78 is 9.33. The first-order chi connectivity index (χ1) is 12.4. The third-order valence-corrected chi connectivity index (χ3v) is 4.32. The fourth-order valence-electron chi connectivity index (χ4n) is 2.81. The molecule has 4 aromatic heterocycles. The third-order valence-electron chi connectivity index (χ3n) is 4.32. The fraction of sp³-hybridized carbons (Fsp3) is 0.316. The van der Waals surface area contributed by atoms with Gasteiger partial charge in [-0.05, 0) is 12.1 Å². The van der Waals surface area contributed by atoms with Crippen LogP contribution in [0.2, 0.25) is 0 Å². The second-order valence-electron chi connectivity index (χ2n) is 7.42. The molecule has 0 spiro atoms. The van der Waals surface area contributed by atoms with Crippen molar-refractivity contribution in [2.75, 3.05) is 5.32 Å². The highest BCUT2D eigenvalue weighted by atomic mass is 16.3. The molecule has 0 saturated heterocycles. The number of hydrogen-bond donors (Lipinski definition) is 1. The van der Waals surface area contributed by atoms with Crippen molar-refractivity contribution in [1.29, 1.82) is 0 Å². The highest BCUT2D eigenvalue weighted by molar-refractivity contribution is 5.78. The quantitative estimate of drug-likeness (QED) is 0.605. The third kappa shape index (κ3) is 3.08. The lowest BCUT2D eigenvalue weighted by atomic mass is 9.92. The smallest absolute Gasteiger partial charge is 0.133 e. The van der Waals surface area contributed by atoms with Crippen LogP contribution >= 0.6 is 0 Å². The van der Waals surface area contributed by atoms with Crippen molar-refractivity contribution in [2.45, 2.75) is 32.7 Å². The molecule has 0 fully saturated rings. The summed E-state index contributed by atoms with van der Waals surface area (Å²) in [5.74, 6) is 2.54. The molecule has 0 bridgehead atoms. The van der Waals surface area contributed by atoms with Crippen LogP contribution in [0.25, 0.3) is 11.0 Å². The number of rotatable bonds is 4. The zero-order chi connectivity index (χ0) is 18.3. The normalized spacial score (nSPS) is 12.0. The Balaban J connectivity index is 1.64. The van der Waals surface area contributed by atoms with Crippen LogP contribution in [0.3, 0.4) is 0 Å². The Hall–Kier alpha value is -3.09. The molecule has 134 valence electrons. The lowest BCUT2D eigenvalue weighted by molar-refractivity contribution is 0.496. The molecular weight excluding hydrogens is 328 g/mol. The van der Waals surface area contributed by atoms with Crippen molar-refractivity contribution in [1.82, 2.24) is 24.3 Å². The number of nitrogens with one attached hydrogen (secondary N) is 1. The highest BCUT2D eigenvalue weighted by Gasteiger charge is 2.19. The monoisotopic (exact) mass is 350 g/mol. The lowest BCUT2D eigenvalue weighted by Gasteiger charge is -2.13. The summed E-state index contributed by atoms with van der Waals surface area (Å²) in [6, 6.07) is 7.90. The van der Waals surface area contributed by atoms with E-state index in [0.717, 1.165) is 34.1 Å². The van der Waals surface area contributed by atoms with E-state index in [1.54, 1.807) is 18.8 Å². The molecule has 0 atom stereocenters. The van der Waals surface area contributed by atoms with Crippen molar-refractivity contribution in [3.63, 3.8) is 0 Å². The molecule has 0 saturated carbocycles. The average molecular weight is 350 g/mol. The molecule has 26 heavy (non-hydrogen) atoms. The van der Waals surface area contributed by atoms with E-state index in [1.807, 2.05) is 34.5 Å². The van der Waals surface area contributed by atoms with Gasteiger partial charge in [-0.1, -0.05) is 20.8 Å². The molecule has 4 rings (SSSR count). The molecule has 0 aliphatic heterocycles. The Morgan fingerprint density at radius 2 is 2.04 bits per heavy atom. The molecule has 7 nitrogen and oxygen atoms in total. The van der Waals surface area contributed by atoms with Gasteiger partial charge in [0.25, 0.3) is 0 Å². The van der Waals surface area contributed by atoms with E-state index >= 15 is 0 Å². The number of aromatic nitrogens is 5. The van der Waals surface area contributed by atoms with Crippen LogP contribution in [0.15, 0.2) is 47.5 Å². The number of anilines is 2. The second kappa shape index (κ2) is 6.01. The highest BCUT2D eigenvalue weighted by Crippen LogP contribution is 2.26. The summed E-state index contributed by atoms with van der Waals surface area (Å²) in [7, 11) is 1.93. The van der Waals surface area contributed by atoms with Crippen molar-refractivity contribution in [2.24, 2.45) is 7.05 Å². The molecule has 4 aromatic rings. The topological polar surface area (TPSA) is 73.7 Å². The standard InChI is InChI=1S/C19H22N6O/c1-19(2,3)16-9-18(24(4)23-16)22-17-8-15-14(10-20-17)21-12-25(15)11-13-6-5-7-26-13/h5-10,12H,11H2,1-4H3,(H,20,22). The second-order valence-corrected chi connectivity index (χ2v) is 7.42. The average Bonchev–Trinajstić information content (AvgIpc) is 3.30. The lowest BCUT2D eigenvalue weighted by Crippen LogP contribution is -2.12.